The van der Waals surface area contributed by atoms with Gasteiger partial charge in [0.05, 0.1) is 6.61 Å². The third-order valence-electron chi connectivity index (χ3n) is 2.12. The minimum Gasteiger partial charge on any atom is -0.383 e. The van der Waals surface area contributed by atoms with Crippen LogP contribution in [0.25, 0.3) is 0 Å². The summed E-state index contributed by atoms with van der Waals surface area (Å²) in [7, 11) is 3.58. The van der Waals surface area contributed by atoms with Crippen LogP contribution in [0.4, 0.5) is 0 Å². The molecule has 0 amide bonds. The van der Waals surface area contributed by atoms with Crippen LogP contribution >= 0.6 is 0 Å². The van der Waals surface area contributed by atoms with E-state index in [1.54, 1.807) is 13.3 Å². The highest BCUT2D eigenvalue weighted by Gasteiger charge is 2.02. The average Bonchev–Trinajstić information content (AvgIpc) is 2.61. The first-order valence-corrected chi connectivity index (χ1v) is 5.15. The summed E-state index contributed by atoms with van der Waals surface area (Å²) >= 11 is 0. The van der Waals surface area contributed by atoms with Crippen molar-refractivity contribution in [1.29, 1.82) is 0 Å². The van der Waals surface area contributed by atoms with E-state index < -0.39 is 0 Å². The molecule has 6 heteroatoms. The summed E-state index contributed by atoms with van der Waals surface area (Å²) < 4.78 is 6.90. The van der Waals surface area contributed by atoms with Crippen molar-refractivity contribution in [2.45, 2.75) is 19.5 Å². The molecule has 90 valence electrons. The van der Waals surface area contributed by atoms with Gasteiger partial charge in [-0.1, -0.05) is 0 Å². The van der Waals surface area contributed by atoms with Gasteiger partial charge in [0.2, 0.25) is 0 Å². The molecular formula is C10H19N5O. The number of hydrogen-bond acceptors (Lipinski definition) is 3. The van der Waals surface area contributed by atoms with Crippen LogP contribution in [0.2, 0.25) is 0 Å². The first kappa shape index (κ1) is 12.5. The van der Waals surface area contributed by atoms with Crippen molar-refractivity contribution in [1.82, 2.24) is 14.9 Å². The Morgan fingerprint density at radius 3 is 3.06 bits per heavy atom. The van der Waals surface area contributed by atoms with E-state index in [-0.39, 0.29) is 6.04 Å². The minimum absolute atomic E-state index is 0.148. The second-order valence-electron chi connectivity index (χ2n) is 3.66. The molecule has 1 unspecified atom stereocenters. The average molecular weight is 225 g/mol. The zero-order chi connectivity index (χ0) is 12.0. The van der Waals surface area contributed by atoms with Gasteiger partial charge in [0.1, 0.15) is 12.4 Å². The molecule has 0 aliphatic rings. The number of aliphatic imine (C=N–C) groups is 1. The Morgan fingerprint density at radius 2 is 2.50 bits per heavy atom. The standard InChI is InChI=1S/C10H19N5O/c1-8(7-16-3)14-10(11)13-6-9-12-4-5-15(9)2/h4-5,8H,6-7H2,1-3H3,(H3,11,13,14). The number of methoxy groups -OCH3 is 1. The van der Waals surface area contributed by atoms with E-state index in [1.165, 1.54) is 0 Å². The predicted octanol–water partition coefficient (Wildman–Crippen LogP) is -0.141. The molecule has 0 saturated carbocycles. The van der Waals surface area contributed by atoms with Crippen molar-refractivity contribution >= 4 is 5.96 Å². The van der Waals surface area contributed by atoms with E-state index in [1.807, 2.05) is 24.7 Å². The Balaban J connectivity index is 2.42. The van der Waals surface area contributed by atoms with Crippen molar-refractivity contribution in [3.63, 3.8) is 0 Å². The summed E-state index contributed by atoms with van der Waals surface area (Å²) in [4.78, 5) is 8.35. The quantitative estimate of drug-likeness (QED) is 0.540. The Bertz CT molecular complexity index is 347. The normalized spacial score (nSPS) is 13.8. The maximum absolute atomic E-state index is 5.72. The lowest BCUT2D eigenvalue weighted by atomic mass is 10.4. The molecule has 0 spiro atoms. The van der Waals surface area contributed by atoms with Gasteiger partial charge in [-0.15, -0.1) is 0 Å². The molecule has 0 saturated heterocycles. The van der Waals surface area contributed by atoms with Crippen LogP contribution in [-0.2, 0) is 18.3 Å². The predicted molar refractivity (Wildman–Crippen MR) is 63.0 cm³/mol. The molecule has 16 heavy (non-hydrogen) atoms. The van der Waals surface area contributed by atoms with Gasteiger partial charge >= 0.3 is 0 Å². The van der Waals surface area contributed by atoms with Crippen LogP contribution in [0.15, 0.2) is 17.4 Å². The number of nitrogens with zero attached hydrogens (tertiary/aromatic N) is 3. The molecule has 0 bridgehead atoms. The fourth-order valence-corrected chi connectivity index (χ4v) is 1.29. The Labute approximate surface area is 95.5 Å². The van der Waals surface area contributed by atoms with Crippen LogP contribution in [0, 0.1) is 0 Å². The summed E-state index contributed by atoms with van der Waals surface area (Å²) in [5, 5.41) is 3.03. The Morgan fingerprint density at radius 1 is 1.75 bits per heavy atom. The summed E-state index contributed by atoms with van der Waals surface area (Å²) in [6.45, 7) is 3.05. The van der Waals surface area contributed by atoms with Crippen molar-refractivity contribution in [2.24, 2.45) is 17.8 Å². The molecule has 1 atom stereocenters. The molecule has 1 heterocycles. The first-order valence-electron chi connectivity index (χ1n) is 5.15. The van der Waals surface area contributed by atoms with E-state index >= 15 is 0 Å². The lowest BCUT2D eigenvalue weighted by Crippen LogP contribution is -2.40. The van der Waals surface area contributed by atoms with E-state index in [4.69, 9.17) is 10.5 Å². The molecule has 6 nitrogen and oxygen atoms in total. The van der Waals surface area contributed by atoms with Crippen LogP contribution in [0.3, 0.4) is 0 Å². The van der Waals surface area contributed by atoms with E-state index in [2.05, 4.69) is 15.3 Å². The summed E-state index contributed by atoms with van der Waals surface area (Å²) in [5.74, 6) is 1.29. The second kappa shape index (κ2) is 6.12. The number of rotatable bonds is 5. The maximum atomic E-state index is 5.72. The number of aromatic nitrogens is 2. The van der Waals surface area contributed by atoms with Crippen molar-refractivity contribution in [3.8, 4) is 0 Å². The highest BCUT2D eigenvalue weighted by molar-refractivity contribution is 5.78. The fourth-order valence-electron chi connectivity index (χ4n) is 1.29. The molecule has 3 N–H and O–H groups in total. The lowest BCUT2D eigenvalue weighted by Gasteiger charge is -2.12. The van der Waals surface area contributed by atoms with Gasteiger partial charge in [0.15, 0.2) is 5.96 Å². The number of hydrogen-bond donors (Lipinski definition) is 2. The summed E-state index contributed by atoms with van der Waals surface area (Å²) in [6.07, 6.45) is 3.62. The lowest BCUT2D eigenvalue weighted by molar-refractivity contribution is 0.179. The van der Waals surface area contributed by atoms with Gasteiger partial charge in [-0.2, -0.15) is 0 Å². The smallest absolute Gasteiger partial charge is 0.189 e. The first-order chi connectivity index (χ1) is 7.63. The molecule has 0 radical (unpaired) electrons. The fraction of sp³-hybridized carbons (Fsp3) is 0.600. The Kier molecular flexibility index (Phi) is 4.78. The number of ether oxygens (including phenoxy) is 1. The van der Waals surface area contributed by atoms with Gasteiger partial charge < -0.3 is 20.4 Å². The van der Waals surface area contributed by atoms with Gasteiger partial charge in [0.25, 0.3) is 0 Å². The van der Waals surface area contributed by atoms with Crippen molar-refractivity contribution in [2.75, 3.05) is 13.7 Å². The molecule has 1 aromatic heterocycles. The number of imidazole rings is 1. The highest BCUT2D eigenvalue weighted by atomic mass is 16.5. The number of guanidine groups is 1. The third-order valence-corrected chi connectivity index (χ3v) is 2.12. The third kappa shape index (κ3) is 3.90. The van der Waals surface area contributed by atoms with Crippen molar-refractivity contribution in [3.05, 3.63) is 18.2 Å². The highest BCUT2D eigenvalue weighted by Crippen LogP contribution is 1.95. The largest absolute Gasteiger partial charge is 0.383 e. The number of nitrogens with one attached hydrogen (secondary N) is 1. The molecule has 0 aliphatic heterocycles. The van der Waals surface area contributed by atoms with Crippen LogP contribution < -0.4 is 11.1 Å². The zero-order valence-corrected chi connectivity index (χ0v) is 9.97. The number of nitrogens with two attached hydrogens (primary N) is 1. The van der Waals surface area contributed by atoms with Crippen LogP contribution in [0.1, 0.15) is 12.7 Å². The topological polar surface area (TPSA) is 77.5 Å². The van der Waals surface area contributed by atoms with Crippen LogP contribution in [-0.4, -0.2) is 35.3 Å². The summed E-state index contributed by atoms with van der Waals surface area (Å²) in [5.41, 5.74) is 5.72. The van der Waals surface area contributed by atoms with Gasteiger partial charge in [-0.05, 0) is 6.92 Å². The minimum atomic E-state index is 0.148. The Hall–Kier alpha value is -1.56. The van der Waals surface area contributed by atoms with Gasteiger partial charge in [-0.3, -0.25) is 0 Å². The molecular weight excluding hydrogens is 206 g/mol. The van der Waals surface area contributed by atoms with Gasteiger partial charge in [0, 0.05) is 32.6 Å². The van der Waals surface area contributed by atoms with Crippen molar-refractivity contribution < 1.29 is 4.74 Å². The SMILES string of the molecule is COCC(C)NC(N)=NCc1nccn1C. The van der Waals surface area contributed by atoms with E-state index in [0.717, 1.165) is 5.82 Å². The van der Waals surface area contributed by atoms with Gasteiger partial charge in [-0.25, -0.2) is 9.98 Å². The van der Waals surface area contributed by atoms with Crippen LogP contribution in [0.5, 0.6) is 0 Å². The monoisotopic (exact) mass is 225 g/mol. The molecule has 1 rings (SSSR count). The van der Waals surface area contributed by atoms with E-state index in [9.17, 15) is 0 Å². The zero-order valence-electron chi connectivity index (χ0n) is 9.97. The molecule has 0 aromatic carbocycles. The molecule has 0 fully saturated rings. The summed E-state index contributed by atoms with van der Waals surface area (Å²) in [6, 6.07) is 0.148. The maximum Gasteiger partial charge on any atom is 0.189 e. The molecule has 1 aromatic rings. The second-order valence-corrected chi connectivity index (χ2v) is 3.66. The van der Waals surface area contributed by atoms with E-state index in [0.29, 0.717) is 19.1 Å². The molecule has 0 aliphatic carbocycles. The number of aryl methyl sites for hydroxylation is 1.